The number of esters is 1. The molecule has 218 valence electrons. The summed E-state index contributed by atoms with van der Waals surface area (Å²) in [5.74, 6) is -0.0365. The molecule has 0 saturated heterocycles. The number of nitrogens with zero attached hydrogens (tertiary/aromatic N) is 1. The van der Waals surface area contributed by atoms with E-state index in [4.69, 9.17) is 4.74 Å². The Labute approximate surface area is 238 Å². The third-order valence-corrected chi connectivity index (χ3v) is 7.57. The number of halogens is 1. The maximum atomic E-state index is 11.4. The van der Waals surface area contributed by atoms with Crippen LogP contribution >= 0.6 is 0 Å². The van der Waals surface area contributed by atoms with Gasteiger partial charge in [0, 0.05) is 6.42 Å². The van der Waals surface area contributed by atoms with Crippen LogP contribution in [-0.2, 0) is 9.53 Å². The highest BCUT2D eigenvalue weighted by Crippen LogP contribution is 2.15. The van der Waals surface area contributed by atoms with Gasteiger partial charge in [0.2, 0.25) is 0 Å². The van der Waals surface area contributed by atoms with Crippen LogP contribution in [0.4, 0.5) is 0 Å². The van der Waals surface area contributed by atoms with E-state index in [1.165, 1.54) is 148 Å². The van der Waals surface area contributed by atoms with Gasteiger partial charge >= 0.3 is 5.97 Å². The SMILES string of the molecule is CCCCCCCCCCCCCCCCCCCCCC[N+](C)(C)CCCCCC(=O)OCC.[Br-]. The quantitative estimate of drug-likeness (QED) is 0.0569. The number of hydrogen-bond donors (Lipinski definition) is 0. The topological polar surface area (TPSA) is 26.3 Å². The smallest absolute Gasteiger partial charge is 0.305 e. The number of hydrogen-bond acceptors (Lipinski definition) is 2. The van der Waals surface area contributed by atoms with E-state index < -0.39 is 0 Å². The van der Waals surface area contributed by atoms with Gasteiger partial charge in [0.15, 0.2) is 0 Å². The van der Waals surface area contributed by atoms with E-state index in [1.54, 1.807) is 0 Å². The third-order valence-electron chi connectivity index (χ3n) is 7.57. The first kappa shape index (κ1) is 38.1. The molecule has 0 aliphatic carbocycles. The van der Waals surface area contributed by atoms with Gasteiger partial charge in [0.1, 0.15) is 0 Å². The summed E-state index contributed by atoms with van der Waals surface area (Å²) < 4.78 is 6.12. The van der Waals surface area contributed by atoms with Crippen LogP contribution < -0.4 is 17.0 Å². The van der Waals surface area contributed by atoms with Crippen molar-refractivity contribution in [1.29, 1.82) is 0 Å². The summed E-state index contributed by atoms with van der Waals surface area (Å²) in [6, 6.07) is 0. The molecule has 0 bridgehead atoms. The predicted octanol–water partition coefficient (Wildman–Crippen LogP) is 7.01. The summed E-state index contributed by atoms with van der Waals surface area (Å²) in [5.41, 5.74) is 0. The molecule has 4 heteroatoms. The number of rotatable bonds is 28. The van der Waals surface area contributed by atoms with E-state index in [2.05, 4.69) is 21.0 Å². The van der Waals surface area contributed by atoms with Crippen LogP contribution in [0.15, 0.2) is 0 Å². The van der Waals surface area contributed by atoms with Gasteiger partial charge in [-0.25, -0.2) is 0 Å². The largest absolute Gasteiger partial charge is 1.00 e. The Balaban J connectivity index is 0. The molecule has 36 heavy (non-hydrogen) atoms. The summed E-state index contributed by atoms with van der Waals surface area (Å²) >= 11 is 0. The van der Waals surface area contributed by atoms with E-state index in [1.807, 2.05) is 6.92 Å². The van der Waals surface area contributed by atoms with Crippen LogP contribution in [0.2, 0.25) is 0 Å². The zero-order chi connectivity index (χ0) is 25.9. The van der Waals surface area contributed by atoms with Crippen LogP contribution in [0.3, 0.4) is 0 Å². The molecule has 0 heterocycles. The lowest BCUT2D eigenvalue weighted by atomic mass is 10.0. The van der Waals surface area contributed by atoms with Crippen LogP contribution in [0.5, 0.6) is 0 Å². The number of quaternary nitrogens is 1. The van der Waals surface area contributed by atoms with Crippen LogP contribution in [0.25, 0.3) is 0 Å². The van der Waals surface area contributed by atoms with Crippen molar-refractivity contribution in [3.05, 3.63) is 0 Å². The van der Waals surface area contributed by atoms with Crippen molar-refractivity contribution < 1.29 is 31.0 Å². The summed E-state index contributed by atoms with van der Waals surface area (Å²) in [6.07, 6.45) is 32.8. The van der Waals surface area contributed by atoms with E-state index in [9.17, 15) is 4.79 Å². The van der Waals surface area contributed by atoms with E-state index >= 15 is 0 Å². The fraction of sp³-hybridized carbons (Fsp3) is 0.969. The molecule has 0 aromatic carbocycles. The van der Waals surface area contributed by atoms with Crippen LogP contribution in [0, 0.1) is 0 Å². The lowest BCUT2D eigenvalue weighted by molar-refractivity contribution is -0.890. The second-order valence-electron chi connectivity index (χ2n) is 11.7. The van der Waals surface area contributed by atoms with Crippen molar-refractivity contribution in [3.8, 4) is 0 Å². The maximum absolute atomic E-state index is 11.4. The number of ether oxygens (including phenoxy) is 1. The highest BCUT2D eigenvalue weighted by atomic mass is 79.9. The fourth-order valence-corrected chi connectivity index (χ4v) is 5.13. The molecule has 3 nitrogen and oxygen atoms in total. The Morgan fingerprint density at radius 1 is 0.500 bits per heavy atom. The molecule has 0 aromatic rings. The Morgan fingerprint density at radius 2 is 0.806 bits per heavy atom. The van der Waals surface area contributed by atoms with Gasteiger partial charge in [-0.3, -0.25) is 4.79 Å². The normalized spacial score (nSPS) is 11.4. The molecule has 0 atom stereocenters. The molecule has 0 spiro atoms. The highest BCUT2D eigenvalue weighted by Gasteiger charge is 2.13. The Bertz CT molecular complexity index is 442. The number of carbonyl (C=O) groups excluding carboxylic acids is 1. The van der Waals surface area contributed by atoms with E-state index in [0.29, 0.717) is 13.0 Å². The maximum Gasteiger partial charge on any atom is 0.305 e. The fourth-order valence-electron chi connectivity index (χ4n) is 5.13. The van der Waals surface area contributed by atoms with Crippen molar-refractivity contribution in [3.63, 3.8) is 0 Å². The summed E-state index contributed by atoms with van der Waals surface area (Å²) in [7, 11) is 4.72. The van der Waals surface area contributed by atoms with Crippen LogP contribution in [-0.4, -0.2) is 44.2 Å². The molecule has 0 rings (SSSR count). The molecule has 0 saturated carbocycles. The minimum atomic E-state index is -0.0365. The number of unbranched alkanes of at least 4 members (excludes halogenated alkanes) is 21. The average molecular weight is 577 g/mol. The molecule has 0 aliphatic rings. The van der Waals surface area contributed by atoms with Crippen LogP contribution in [0.1, 0.15) is 168 Å². The molecule has 0 fully saturated rings. The van der Waals surface area contributed by atoms with Crippen molar-refractivity contribution in [1.82, 2.24) is 0 Å². The van der Waals surface area contributed by atoms with E-state index in [-0.39, 0.29) is 23.0 Å². The van der Waals surface area contributed by atoms with Gasteiger partial charge in [-0.15, -0.1) is 0 Å². The monoisotopic (exact) mass is 575 g/mol. The summed E-state index contributed by atoms with van der Waals surface area (Å²) in [4.78, 5) is 11.4. The molecular formula is C32H66BrNO2. The van der Waals surface area contributed by atoms with Crippen molar-refractivity contribution in [2.45, 2.75) is 168 Å². The first-order valence-corrected chi connectivity index (χ1v) is 16.0. The average Bonchev–Trinajstić information content (AvgIpc) is 2.82. The molecule has 0 aromatic heterocycles. The lowest BCUT2D eigenvalue weighted by Crippen LogP contribution is -3.00. The number of carbonyl (C=O) groups is 1. The van der Waals surface area contributed by atoms with Crippen molar-refractivity contribution in [2.24, 2.45) is 0 Å². The van der Waals surface area contributed by atoms with Gasteiger partial charge in [0.05, 0.1) is 33.8 Å². The first-order chi connectivity index (χ1) is 17.0. The minimum absolute atomic E-state index is 0. The summed E-state index contributed by atoms with van der Waals surface area (Å²) in [5, 5.41) is 0. The van der Waals surface area contributed by atoms with Crippen molar-refractivity contribution >= 4 is 5.97 Å². The molecule has 0 radical (unpaired) electrons. The van der Waals surface area contributed by atoms with Gasteiger partial charge in [-0.2, -0.15) is 0 Å². The molecular weight excluding hydrogens is 510 g/mol. The first-order valence-electron chi connectivity index (χ1n) is 16.0. The molecule has 0 aliphatic heterocycles. The van der Waals surface area contributed by atoms with Gasteiger partial charge in [-0.05, 0) is 39.0 Å². The second kappa shape index (κ2) is 29.5. The minimum Gasteiger partial charge on any atom is -1.00 e. The van der Waals surface area contributed by atoms with Crippen molar-refractivity contribution in [2.75, 3.05) is 33.8 Å². The Morgan fingerprint density at radius 3 is 1.14 bits per heavy atom. The Kier molecular flexibility index (Phi) is 31.2. The van der Waals surface area contributed by atoms with E-state index in [0.717, 1.165) is 17.3 Å². The second-order valence-corrected chi connectivity index (χ2v) is 11.7. The molecule has 0 N–H and O–H groups in total. The standard InChI is InChI=1S/C32H66NO2.BrH/c1-5-7-8-9-10-11-12-13-14-15-16-17-18-19-20-21-22-23-24-27-30-33(3,4)31-28-25-26-29-32(34)35-6-2;/h5-31H2,1-4H3;1H/q+1;/p-1. The zero-order valence-corrected chi connectivity index (χ0v) is 26.8. The van der Waals surface area contributed by atoms with Gasteiger partial charge in [-0.1, -0.05) is 122 Å². The highest BCUT2D eigenvalue weighted by molar-refractivity contribution is 5.69. The third kappa shape index (κ3) is 30.1. The van der Waals surface area contributed by atoms with Gasteiger partial charge < -0.3 is 26.2 Å². The molecule has 0 amide bonds. The summed E-state index contributed by atoms with van der Waals surface area (Å²) in [6.45, 7) is 7.19. The zero-order valence-electron chi connectivity index (χ0n) is 25.2. The Hall–Kier alpha value is -0.0900. The predicted molar refractivity (Wildman–Crippen MR) is 155 cm³/mol. The van der Waals surface area contributed by atoms with Gasteiger partial charge in [0.25, 0.3) is 0 Å². The molecule has 0 unspecified atom stereocenters. The lowest BCUT2D eigenvalue weighted by Gasteiger charge is -2.30.